The van der Waals surface area contributed by atoms with Gasteiger partial charge in [-0.2, -0.15) is 0 Å². The van der Waals surface area contributed by atoms with Crippen LogP contribution in [0.5, 0.6) is 0 Å². The van der Waals surface area contributed by atoms with Crippen molar-refractivity contribution in [3.8, 4) is 0 Å². The Morgan fingerprint density at radius 3 is 2.65 bits per heavy atom. The second kappa shape index (κ2) is 5.29. The van der Waals surface area contributed by atoms with Gasteiger partial charge in [-0.25, -0.2) is 0 Å². The minimum absolute atomic E-state index is 0.401. The van der Waals surface area contributed by atoms with Gasteiger partial charge in [0.15, 0.2) is 0 Å². The third-order valence-corrected chi connectivity index (χ3v) is 4.92. The summed E-state index contributed by atoms with van der Waals surface area (Å²) in [5.74, 6) is 0.898. The normalized spacial score (nSPS) is 19.6. The SMILES string of the molecule is CC(C)NCC(C)(Cc1ccc(Cl)s1)C1CC1. The summed E-state index contributed by atoms with van der Waals surface area (Å²) < 4.78 is 0.912. The van der Waals surface area contributed by atoms with Gasteiger partial charge in [0.25, 0.3) is 0 Å². The van der Waals surface area contributed by atoms with Gasteiger partial charge in [0, 0.05) is 17.5 Å². The second-order valence-electron chi connectivity index (χ2n) is 5.85. The zero-order chi connectivity index (χ0) is 12.5. The molecule has 0 radical (unpaired) electrons. The van der Waals surface area contributed by atoms with Gasteiger partial charge >= 0.3 is 0 Å². The van der Waals surface area contributed by atoms with Crippen molar-refractivity contribution >= 4 is 22.9 Å². The van der Waals surface area contributed by atoms with Gasteiger partial charge < -0.3 is 5.32 Å². The Balaban J connectivity index is 2.00. The summed E-state index contributed by atoms with van der Waals surface area (Å²) in [4.78, 5) is 1.43. The van der Waals surface area contributed by atoms with Crippen LogP contribution in [0.15, 0.2) is 12.1 Å². The molecule has 1 fully saturated rings. The standard InChI is InChI=1S/C14H22ClNS/c1-10(2)16-9-14(3,11-4-5-11)8-12-6-7-13(15)17-12/h6-7,10-11,16H,4-5,8-9H2,1-3H3. The molecule has 0 aromatic carbocycles. The Morgan fingerprint density at radius 1 is 1.47 bits per heavy atom. The first-order valence-corrected chi connectivity index (χ1v) is 7.67. The van der Waals surface area contributed by atoms with Gasteiger partial charge in [-0.05, 0) is 42.7 Å². The van der Waals surface area contributed by atoms with Gasteiger partial charge in [-0.3, -0.25) is 0 Å². The van der Waals surface area contributed by atoms with E-state index in [-0.39, 0.29) is 0 Å². The molecular weight excluding hydrogens is 250 g/mol. The van der Waals surface area contributed by atoms with Gasteiger partial charge in [-0.15, -0.1) is 11.3 Å². The maximum absolute atomic E-state index is 6.01. The van der Waals surface area contributed by atoms with Crippen molar-refractivity contribution in [1.29, 1.82) is 0 Å². The predicted molar refractivity (Wildman–Crippen MR) is 77.0 cm³/mol. The van der Waals surface area contributed by atoms with Gasteiger partial charge in [0.05, 0.1) is 4.34 Å². The highest BCUT2D eigenvalue weighted by Crippen LogP contribution is 2.47. The van der Waals surface area contributed by atoms with Crippen molar-refractivity contribution in [2.75, 3.05) is 6.54 Å². The molecule has 2 rings (SSSR count). The van der Waals surface area contributed by atoms with Crippen LogP contribution >= 0.6 is 22.9 Å². The molecule has 0 amide bonds. The molecular formula is C14H22ClNS. The molecule has 1 nitrogen and oxygen atoms in total. The van der Waals surface area contributed by atoms with E-state index in [2.05, 4.69) is 32.2 Å². The van der Waals surface area contributed by atoms with Crippen molar-refractivity contribution in [3.05, 3.63) is 21.3 Å². The maximum Gasteiger partial charge on any atom is 0.0931 e. The fourth-order valence-electron chi connectivity index (χ4n) is 2.41. The summed E-state index contributed by atoms with van der Waals surface area (Å²) in [7, 11) is 0. The number of hydrogen-bond donors (Lipinski definition) is 1. The lowest BCUT2D eigenvalue weighted by Gasteiger charge is -2.31. The molecule has 0 bridgehead atoms. The van der Waals surface area contributed by atoms with Crippen molar-refractivity contribution in [2.24, 2.45) is 11.3 Å². The fourth-order valence-corrected chi connectivity index (χ4v) is 3.70. The number of nitrogens with one attached hydrogen (secondary N) is 1. The molecule has 3 heteroatoms. The van der Waals surface area contributed by atoms with Crippen molar-refractivity contribution in [2.45, 2.75) is 46.1 Å². The molecule has 1 heterocycles. The van der Waals surface area contributed by atoms with Crippen LogP contribution in [-0.2, 0) is 6.42 Å². The first kappa shape index (κ1) is 13.4. The molecule has 1 aliphatic carbocycles. The summed E-state index contributed by atoms with van der Waals surface area (Å²) in [6, 6.07) is 4.77. The lowest BCUT2D eigenvalue weighted by atomic mass is 9.80. The monoisotopic (exact) mass is 271 g/mol. The molecule has 1 atom stereocenters. The molecule has 1 unspecified atom stereocenters. The average Bonchev–Trinajstić information content (AvgIpc) is 3.02. The van der Waals surface area contributed by atoms with Crippen LogP contribution < -0.4 is 5.32 Å². The van der Waals surface area contributed by atoms with Crippen LogP contribution in [0.4, 0.5) is 0 Å². The number of rotatable bonds is 6. The van der Waals surface area contributed by atoms with Crippen LogP contribution in [0.1, 0.15) is 38.5 Å². The number of hydrogen-bond acceptors (Lipinski definition) is 2. The quantitative estimate of drug-likeness (QED) is 0.811. The van der Waals surface area contributed by atoms with E-state index in [1.165, 1.54) is 17.7 Å². The molecule has 0 aliphatic heterocycles. The van der Waals surface area contributed by atoms with E-state index < -0.39 is 0 Å². The molecule has 0 saturated heterocycles. The third-order valence-electron chi connectivity index (χ3n) is 3.68. The number of halogens is 1. The van der Waals surface area contributed by atoms with E-state index in [0.29, 0.717) is 11.5 Å². The van der Waals surface area contributed by atoms with Crippen molar-refractivity contribution < 1.29 is 0 Å². The summed E-state index contributed by atoms with van der Waals surface area (Å²) in [6.07, 6.45) is 3.96. The Kier molecular flexibility index (Phi) is 4.17. The van der Waals surface area contributed by atoms with Crippen LogP contribution in [0.25, 0.3) is 0 Å². The molecule has 0 spiro atoms. The third kappa shape index (κ3) is 3.70. The van der Waals surface area contributed by atoms with E-state index in [4.69, 9.17) is 11.6 Å². The zero-order valence-electron chi connectivity index (χ0n) is 10.9. The molecule has 96 valence electrons. The maximum atomic E-state index is 6.01. The Bertz CT molecular complexity index is 370. The fraction of sp³-hybridized carbons (Fsp3) is 0.714. The van der Waals surface area contributed by atoms with E-state index in [1.54, 1.807) is 11.3 Å². The van der Waals surface area contributed by atoms with Crippen LogP contribution in [0.2, 0.25) is 4.34 Å². The molecule has 1 aromatic heterocycles. The van der Waals surface area contributed by atoms with Gasteiger partial charge in [0.1, 0.15) is 0 Å². The highest BCUT2D eigenvalue weighted by molar-refractivity contribution is 7.16. The molecule has 1 aromatic rings. The summed E-state index contributed by atoms with van der Waals surface area (Å²) in [6.45, 7) is 7.98. The minimum atomic E-state index is 0.401. The second-order valence-corrected chi connectivity index (χ2v) is 7.65. The lowest BCUT2D eigenvalue weighted by Crippen LogP contribution is -2.38. The Labute approximate surface area is 114 Å². The Hall–Kier alpha value is -0.0500. The Morgan fingerprint density at radius 2 is 2.18 bits per heavy atom. The summed E-state index contributed by atoms with van der Waals surface area (Å²) in [5, 5.41) is 3.61. The molecule has 1 saturated carbocycles. The topological polar surface area (TPSA) is 12.0 Å². The summed E-state index contributed by atoms with van der Waals surface area (Å²) in [5.41, 5.74) is 0.401. The number of thiophene rings is 1. The minimum Gasteiger partial charge on any atom is -0.314 e. The summed E-state index contributed by atoms with van der Waals surface area (Å²) >= 11 is 7.75. The van der Waals surface area contributed by atoms with E-state index in [0.717, 1.165) is 23.2 Å². The highest BCUT2D eigenvalue weighted by atomic mass is 35.5. The first-order valence-electron chi connectivity index (χ1n) is 6.47. The lowest BCUT2D eigenvalue weighted by molar-refractivity contribution is 0.250. The molecule has 1 aliphatic rings. The van der Waals surface area contributed by atoms with Gasteiger partial charge in [0.2, 0.25) is 0 Å². The van der Waals surface area contributed by atoms with Crippen LogP contribution in [0.3, 0.4) is 0 Å². The molecule has 1 N–H and O–H groups in total. The van der Waals surface area contributed by atoms with E-state index in [9.17, 15) is 0 Å². The van der Waals surface area contributed by atoms with Crippen LogP contribution in [0, 0.1) is 11.3 Å². The van der Waals surface area contributed by atoms with Crippen molar-refractivity contribution in [3.63, 3.8) is 0 Å². The van der Waals surface area contributed by atoms with E-state index in [1.807, 2.05) is 6.07 Å². The van der Waals surface area contributed by atoms with E-state index >= 15 is 0 Å². The molecule has 17 heavy (non-hydrogen) atoms. The average molecular weight is 272 g/mol. The van der Waals surface area contributed by atoms with Gasteiger partial charge in [-0.1, -0.05) is 32.4 Å². The first-order chi connectivity index (χ1) is 7.99. The highest BCUT2D eigenvalue weighted by Gasteiger charge is 2.41. The predicted octanol–water partition coefficient (Wildman–Crippen LogP) is 4.36. The largest absolute Gasteiger partial charge is 0.314 e. The van der Waals surface area contributed by atoms with Crippen molar-refractivity contribution in [1.82, 2.24) is 5.32 Å². The zero-order valence-corrected chi connectivity index (χ0v) is 12.5. The van der Waals surface area contributed by atoms with Crippen LogP contribution in [-0.4, -0.2) is 12.6 Å². The smallest absolute Gasteiger partial charge is 0.0931 e.